The smallest absolute Gasteiger partial charge is 0.227 e. The van der Waals surface area contributed by atoms with Crippen LogP contribution in [0.5, 0.6) is 0 Å². The van der Waals surface area contributed by atoms with E-state index in [0.29, 0.717) is 12.5 Å². The van der Waals surface area contributed by atoms with Gasteiger partial charge in [-0.05, 0) is 29.3 Å². The largest absolute Gasteiger partial charge is 0.359 e. The number of hydrogen-bond donors (Lipinski definition) is 1. The summed E-state index contributed by atoms with van der Waals surface area (Å²) < 4.78 is 0.856. The van der Waals surface area contributed by atoms with Gasteiger partial charge in [-0.15, -0.1) is 0 Å². The molecule has 1 aromatic heterocycles. The zero-order chi connectivity index (χ0) is 12.5. The third kappa shape index (κ3) is 2.41. The fraction of sp³-hybridized carbons (Fsp3) is 0.545. The maximum absolute atomic E-state index is 11.8. The molecule has 2 heterocycles. The Kier molecular flexibility index (Phi) is 3.33. The topological polar surface area (TPSA) is 58.1 Å². The average molecular weight is 299 g/mol. The summed E-state index contributed by atoms with van der Waals surface area (Å²) in [5, 5.41) is 2.71. The number of carbonyl (C=O) groups is 1. The van der Waals surface area contributed by atoms with Crippen LogP contribution in [-0.4, -0.2) is 36.0 Å². The van der Waals surface area contributed by atoms with Crippen molar-refractivity contribution in [3.8, 4) is 0 Å². The van der Waals surface area contributed by atoms with Crippen LogP contribution in [0.15, 0.2) is 16.9 Å². The molecule has 1 fully saturated rings. The molecule has 0 aromatic carbocycles. The van der Waals surface area contributed by atoms with E-state index < -0.39 is 0 Å². The summed E-state index contributed by atoms with van der Waals surface area (Å²) in [7, 11) is 1.67. The number of aromatic nitrogens is 2. The van der Waals surface area contributed by atoms with Gasteiger partial charge in [-0.1, -0.05) is 0 Å². The first-order valence-electron chi connectivity index (χ1n) is 5.50. The molecule has 1 aliphatic rings. The second-order valence-electron chi connectivity index (χ2n) is 4.51. The predicted octanol–water partition coefficient (Wildman–Crippen LogP) is 1.20. The van der Waals surface area contributed by atoms with Gasteiger partial charge in [0.05, 0.1) is 9.89 Å². The van der Waals surface area contributed by atoms with Crippen LogP contribution in [0.1, 0.15) is 13.3 Å². The Bertz CT molecular complexity index is 422. The quantitative estimate of drug-likeness (QED) is 0.891. The third-order valence-corrected chi connectivity index (χ3v) is 3.55. The van der Waals surface area contributed by atoms with E-state index in [-0.39, 0.29) is 11.3 Å². The average Bonchev–Trinajstić information content (AvgIpc) is 2.73. The molecule has 0 spiro atoms. The van der Waals surface area contributed by atoms with E-state index in [9.17, 15) is 4.79 Å². The van der Waals surface area contributed by atoms with Gasteiger partial charge in [0.25, 0.3) is 0 Å². The van der Waals surface area contributed by atoms with Gasteiger partial charge < -0.3 is 10.2 Å². The first-order chi connectivity index (χ1) is 8.05. The van der Waals surface area contributed by atoms with E-state index in [0.717, 1.165) is 17.4 Å². The molecule has 2 rings (SSSR count). The highest BCUT2D eigenvalue weighted by atomic mass is 79.9. The van der Waals surface area contributed by atoms with Crippen LogP contribution < -0.4 is 10.2 Å². The Balaban J connectivity index is 2.12. The number of hydrogen-bond acceptors (Lipinski definition) is 4. The van der Waals surface area contributed by atoms with Crippen molar-refractivity contribution in [1.29, 1.82) is 0 Å². The minimum atomic E-state index is -0.342. The second-order valence-corrected chi connectivity index (χ2v) is 5.43. The summed E-state index contributed by atoms with van der Waals surface area (Å²) >= 11 is 3.30. The number of rotatable bonds is 2. The lowest BCUT2D eigenvalue weighted by Gasteiger charge is -2.22. The number of carbonyl (C=O) groups excluding carboxylic acids is 1. The zero-order valence-electron chi connectivity index (χ0n) is 9.90. The summed E-state index contributed by atoms with van der Waals surface area (Å²) in [6.45, 7) is 3.45. The molecule has 0 radical (unpaired) electrons. The molecule has 1 saturated heterocycles. The van der Waals surface area contributed by atoms with E-state index in [1.165, 1.54) is 0 Å². The summed E-state index contributed by atoms with van der Waals surface area (Å²) in [5.74, 6) is 0.762. The fourth-order valence-corrected chi connectivity index (χ4v) is 2.29. The molecule has 6 heteroatoms. The van der Waals surface area contributed by atoms with Crippen LogP contribution >= 0.6 is 15.9 Å². The Morgan fingerprint density at radius 2 is 2.18 bits per heavy atom. The number of nitrogens with zero attached hydrogens (tertiary/aromatic N) is 3. The molecular weight excluding hydrogens is 284 g/mol. The summed E-state index contributed by atoms with van der Waals surface area (Å²) in [4.78, 5) is 22.3. The van der Waals surface area contributed by atoms with Crippen LogP contribution in [0, 0.1) is 5.41 Å². The fourth-order valence-electron chi connectivity index (χ4n) is 2.09. The minimum Gasteiger partial charge on any atom is -0.359 e. The molecular formula is C11H15BrN4O. The van der Waals surface area contributed by atoms with E-state index in [2.05, 4.69) is 31.2 Å². The van der Waals surface area contributed by atoms with Crippen molar-refractivity contribution >= 4 is 27.8 Å². The number of anilines is 1. The molecule has 1 N–H and O–H groups in total. The Morgan fingerprint density at radius 1 is 1.53 bits per heavy atom. The molecule has 5 nitrogen and oxygen atoms in total. The highest BCUT2D eigenvalue weighted by Gasteiger charge is 2.40. The van der Waals surface area contributed by atoms with Gasteiger partial charge in [0.15, 0.2) is 0 Å². The lowest BCUT2D eigenvalue weighted by Crippen LogP contribution is -2.39. The van der Waals surface area contributed by atoms with Crippen molar-refractivity contribution in [3.05, 3.63) is 16.9 Å². The SMILES string of the molecule is CNC(=O)C1(C)CCN(c2ncc(Br)cn2)C1. The van der Waals surface area contributed by atoms with Crippen LogP contribution in [0.3, 0.4) is 0 Å². The van der Waals surface area contributed by atoms with Crippen LogP contribution in [0.25, 0.3) is 0 Å². The molecule has 17 heavy (non-hydrogen) atoms. The van der Waals surface area contributed by atoms with Gasteiger partial charge in [-0.25, -0.2) is 9.97 Å². The van der Waals surface area contributed by atoms with Gasteiger partial charge in [-0.3, -0.25) is 4.79 Å². The van der Waals surface area contributed by atoms with E-state index in [1.54, 1.807) is 19.4 Å². The van der Waals surface area contributed by atoms with Crippen LogP contribution in [0.4, 0.5) is 5.95 Å². The maximum atomic E-state index is 11.8. The highest BCUT2D eigenvalue weighted by molar-refractivity contribution is 9.10. The van der Waals surface area contributed by atoms with Gasteiger partial charge in [0.1, 0.15) is 0 Å². The molecule has 0 saturated carbocycles. The van der Waals surface area contributed by atoms with Crippen molar-refractivity contribution in [2.45, 2.75) is 13.3 Å². The molecule has 1 aliphatic heterocycles. The Labute approximate surface area is 109 Å². The van der Waals surface area contributed by atoms with Gasteiger partial charge >= 0.3 is 0 Å². The van der Waals surface area contributed by atoms with Crippen LogP contribution in [0.2, 0.25) is 0 Å². The second kappa shape index (κ2) is 4.60. The lowest BCUT2D eigenvalue weighted by molar-refractivity contribution is -0.128. The molecule has 1 aromatic rings. The van der Waals surface area contributed by atoms with Crippen molar-refractivity contribution < 1.29 is 4.79 Å². The van der Waals surface area contributed by atoms with Crippen molar-refractivity contribution in [2.24, 2.45) is 5.41 Å². The summed E-state index contributed by atoms with van der Waals surface area (Å²) in [6.07, 6.45) is 4.27. The maximum Gasteiger partial charge on any atom is 0.227 e. The Morgan fingerprint density at radius 3 is 2.76 bits per heavy atom. The summed E-state index contributed by atoms with van der Waals surface area (Å²) in [6, 6.07) is 0. The first kappa shape index (κ1) is 12.3. The van der Waals surface area contributed by atoms with E-state index in [1.807, 2.05) is 11.8 Å². The van der Waals surface area contributed by atoms with Crippen molar-refractivity contribution in [2.75, 3.05) is 25.0 Å². The van der Waals surface area contributed by atoms with Gasteiger partial charge in [-0.2, -0.15) is 0 Å². The minimum absolute atomic E-state index is 0.0807. The predicted molar refractivity (Wildman–Crippen MR) is 68.7 cm³/mol. The standard InChI is InChI=1S/C11H15BrN4O/c1-11(9(17)13-2)3-4-16(7-11)10-14-5-8(12)6-15-10/h5-6H,3-4,7H2,1-2H3,(H,13,17). The monoisotopic (exact) mass is 298 g/mol. The number of amides is 1. The molecule has 1 amide bonds. The molecule has 1 unspecified atom stereocenters. The van der Waals surface area contributed by atoms with Crippen molar-refractivity contribution in [1.82, 2.24) is 15.3 Å². The summed E-state index contributed by atoms with van der Waals surface area (Å²) in [5.41, 5.74) is -0.342. The lowest BCUT2D eigenvalue weighted by atomic mass is 9.89. The van der Waals surface area contributed by atoms with Crippen LogP contribution in [-0.2, 0) is 4.79 Å². The molecule has 92 valence electrons. The zero-order valence-corrected chi connectivity index (χ0v) is 11.5. The highest BCUT2D eigenvalue weighted by Crippen LogP contribution is 2.31. The van der Waals surface area contributed by atoms with Gasteiger partial charge in [0.2, 0.25) is 11.9 Å². The normalized spacial score (nSPS) is 23.8. The van der Waals surface area contributed by atoms with Crippen molar-refractivity contribution in [3.63, 3.8) is 0 Å². The van der Waals surface area contributed by atoms with E-state index >= 15 is 0 Å². The third-order valence-electron chi connectivity index (χ3n) is 3.14. The number of halogens is 1. The molecule has 0 bridgehead atoms. The molecule has 0 aliphatic carbocycles. The van der Waals surface area contributed by atoms with E-state index in [4.69, 9.17) is 0 Å². The van der Waals surface area contributed by atoms with Gasteiger partial charge in [0, 0.05) is 32.5 Å². The Hall–Kier alpha value is -1.17. The molecule has 1 atom stereocenters. The first-order valence-corrected chi connectivity index (χ1v) is 6.29. The number of nitrogens with one attached hydrogen (secondary N) is 1.